The van der Waals surface area contributed by atoms with Crippen LogP contribution < -0.4 is 5.32 Å². The molecule has 6 heteroatoms. The fraction of sp³-hybridized carbons (Fsp3) is 0.375. The molecule has 1 aliphatic heterocycles. The molecule has 1 aliphatic rings. The van der Waals surface area contributed by atoms with Gasteiger partial charge in [0.15, 0.2) is 0 Å². The van der Waals surface area contributed by atoms with Crippen LogP contribution in [0.15, 0.2) is 30.5 Å². The standard InChI is InChI=1S/C16H18FN3O2/c1-11-18-10-14(19-11)15(21)20-16(5-7-22-8-6-16)12-3-2-4-13(17)9-12/h2-4,9-10H,5-8H2,1H3,(H,18,19)(H,20,21). The molecule has 0 atom stereocenters. The highest BCUT2D eigenvalue weighted by atomic mass is 19.1. The van der Waals surface area contributed by atoms with Gasteiger partial charge in [0.25, 0.3) is 5.91 Å². The van der Waals surface area contributed by atoms with Gasteiger partial charge in [0.1, 0.15) is 17.3 Å². The third-order valence-electron chi connectivity index (χ3n) is 4.02. The second kappa shape index (κ2) is 5.88. The summed E-state index contributed by atoms with van der Waals surface area (Å²) < 4.78 is 19.0. The number of halogens is 1. The summed E-state index contributed by atoms with van der Waals surface area (Å²) in [5.74, 6) is 0.124. The van der Waals surface area contributed by atoms with E-state index in [-0.39, 0.29) is 11.7 Å². The Bertz CT molecular complexity index is 678. The Morgan fingerprint density at radius 1 is 1.41 bits per heavy atom. The van der Waals surface area contributed by atoms with E-state index in [4.69, 9.17) is 4.74 Å². The Morgan fingerprint density at radius 2 is 2.18 bits per heavy atom. The minimum atomic E-state index is -0.615. The topological polar surface area (TPSA) is 67.0 Å². The van der Waals surface area contributed by atoms with Gasteiger partial charge in [0, 0.05) is 13.2 Å². The summed E-state index contributed by atoms with van der Waals surface area (Å²) in [6.45, 7) is 2.84. The van der Waals surface area contributed by atoms with E-state index in [1.807, 2.05) is 6.07 Å². The Morgan fingerprint density at radius 3 is 2.82 bits per heavy atom. The normalized spacial score (nSPS) is 17.2. The molecule has 5 nitrogen and oxygen atoms in total. The molecule has 1 aromatic heterocycles. The quantitative estimate of drug-likeness (QED) is 0.914. The van der Waals surface area contributed by atoms with E-state index in [9.17, 15) is 9.18 Å². The van der Waals surface area contributed by atoms with E-state index in [0.29, 0.717) is 37.6 Å². The first kappa shape index (κ1) is 14.7. The smallest absolute Gasteiger partial charge is 0.270 e. The van der Waals surface area contributed by atoms with Gasteiger partial charge in [-0.2, -0.15) is 0 Å². The maximum atomic E-state index is 13.6. The van der Waals surface area contributed by atoms with E-state index >= 15 is 0 Å². The van der Waals surface area contributed by atoms with Crippen LogP contribution in [-0.2, 0) is 10.3 Å². The largest absolute Gasteiger partial charge is 0.381 e. The number of nitrogens with one attached hydrogen (secondary N) is 2. The number of aromatic amines is 1. The van der Waals surface area contributed by atoms with Crippen LogP contribution in [0.25, 0.3) is 0 Å². The van der Waals surface area contributed by atoms with Crippen LogP contribution in [0.2, 0.25) is 0 Å². The van der Waals surface area contributed by atoms with Gasteiger partial charge in [0.05, 0.1) is 11.7 Å². The van der Waals surface area contributed by atoms with E-state index in [2.05, 4.69) is 15.3 Å². The molecular formula is C16H18FN3O2. The first-order valence-electron chi connectivity index (χ1n) is 7.27. The number of amides is 1. The summed E-state index contributed by atoms with van der Waals surface area (Å²) in [6.07, 6.45) is 2.72. The zero-order chi connectivity index (χ0) is 15.6. The van der Waals surface area contributed by atoms with Crippen LogP contribution in [0.3, 0.4) is 0 Å². The SMILES string of the molecule is Cc1ncc(C(=O)NC2(c3cccc(F)c3)CCOCC2)[nH]1. The third kappa shape index (κ3) is 2.87. The van der Waals surface area contributed by atoms with Crippen molar-refractivity contribution in [2.24, 2.45) is 0 Å². The molecule has 2 aromatic rings. The Kier molecular flexibility index (Phi) is 3.94. The van der Waals surface area contributed by atoms with Crippen LogP contribution in [0.1, 0.15) is 34.7 Å². The highest BCUT2D eigenvalue weighted by Gasteiger charge is 2.36. The lowest BCUT2D eigenvalue weighted by Gasteiger charge is -2.38. The van der Waals surface area contributed by atoms with Gasteiger partial charge in [-0.25, -0.2) is 9.37 Å². The number of aromatic nitrogens is 2. The maximum absolute atomic E-state index is 13.6. The predicted molar refractivity (Wildman–Crippen MR) is 78.9 cm³/mol. The Balaban J connectivity index is 1.91. The first-order valence-corrected chi connectivity index (χ1v) is 7.27. The molecule has 0 bridgehead atoms. The summed E-state index contributed by atoms with van der Waals surface area (Å²) in [4.78, 5) is 19.4. The molecule has 0 spiro atoms. The van der Waals surface area contributed by atoms with Gasteiger partial charge in [-0.3, -0.25) is 4.79 Å². The van der Waals surface area contributed by atoms with Crippen LogP contribution in [-0.4, -0.2) is 29.1 Å². The number of ether oxygens (including phenoxy) is 1. The fourth-order valence-electron chi connectivity index (χ4n) is 2.81. The summed E-state index contributed by atoms with van der Waals surface area (Å²) in [6, 6.07) is 6.38. The number of imidazole rings is 1. The Labute approximate surface area is 127 Å². The van der Waals surface area contributed by atoms with Crippen molar-refractivity contribution in [1.29, 1.82) is 0 Å². The molecule has 22 heavy (non-hydrogen) atoms. The van der Waals surface area contributed by atoms with Crippen molar-refractivity contribution >= 4 is 5.91 Å². The summed E-state index contributed by atoms with van der Waals surface area (Å²) in [5, 5.41) is 3.05. The zero-order valence-corrected chi connectivity index (χ0v) is 12.4. The lowest BCUT2D eigenvalue weighted by Crippen LogP contribution is -2.49. The minimum absolute atomic E-state index is 0.244. The number of nitrogens with zero attached hydrogens (tertiary/aromatic N) is 1. The average molecular weight is 303 g/mol. The highest BCUT2D eigenvalue weighted by molar-refractivity contribution is 5.92. The van der Waals surface area contributed by atoms with Crippen LogP contribution in [0, 0.1) is 12.7 Å². The van der Waals surface area contributed by atoms with Gasteiger partial charge in [0.2, 0.25) is 0 Å². The molecule has 2 N–H and O–H groups in total. The monoisotopic (exact) mass is 303 g/mol. The van der Waals surface area contributed by atoms with E-state index in [1.165, 1.54) is 18.3 Å². The molecule has 2 heterocycles. The molecule has 3 rings (SSSR count). The van der Waals surface area contributed by atoms with Crippen molar-refractivity contribution in [1.82, 2.24) is 15.3 Å². The molecule has 116 valence electrons. The van der Waals surface area contributed by atoms with Crippen molar-refractivity contribution < 1.29 is 13.9 Å². The fourth-order valence-corrected chi connectivity index (χ4v) is 2.81. The summed E-state index contributed by atoms with van der Waals surface area (Å²) in [5.41, 5.74) is 0.552. The van der Waals surface area contributed by atoms with Crippen molar-refractivity contribution in [2.45, 2.75) is 25.3 Å². The average Bonchev–Trinajstić information content (AvgIpc) is 2.95. The van der Waals surface area contributed by atoms with Gasteiger partial charge in [-0.15, -0.1) is 0 Å². The molecule has 0 radical (unpaired) electrons. The van der Waals surface area contributed by atoms with Crippen molar-refractivity contribution in [2.75, 3.05) is 13.2 Å². The van der Waals surface area contributed by atoms with Gasteiger partial charge in [-0.05, 0) is 37.5 Å². The van der Waals surface area contributed by atoms with Gasteiger partial charge >= 0.3 is 0 Å². The third-order valence-corrected chi connectivity index (χ3v) is 4.02. The summed E-state index contributed by atoms with van der Waals surface area (Å²) >= 11 is 0. The maximum Gasteiger partial charge on any atom is 0.270 e. The van der Waals surface area contributed by atoms with E-state index < -0.39 is 5.54 Å². The van der Waals surface area contributed by atoms with Crippen LogP contribution >= 0.6 is 0 Å². The minimum Gasteiger partial charge on any atom is -0.381 e. The van der Waals surface area contributed by atoms with E-state index in [0.717, 1.165) is 5.56 Å². The van der Waals surface area contributed by atoms with Gasteiger partial charge in [-0.1, -0.05) is 12.1 Å². The van der Waals surface area contributed by atoms with Crippen LogP contribution in [0.5, 0.6) is 0 Å². The lowest BCUT2D eigenvalue weighted by atomic mass is 9.82. The van der Waals surface area contributed by atoms with E-state index in [1.54, 1.807) is 13.0 Å². The first-order chi connectivity index (χ1) is 10.6. The molecule has 1 saturated heterocycles. The second-order valence-electron chi connectivity index (χ2n) is 5.54. The molecule has 1 amide bonds. The molecule has 1 aromatic carbocycles. The van der Waals surface area contributed by atoms with Crippen molar-refractivity contribution in [3.63, 3.8) is 0 Å². The molecule has 0 saturated carbocycles. The number of H-pyrrole nitrogens is 1. The second-order valence-corrected chi connectivity index (χ2v) is 5.54. The molecule has 1 fully saturated rings. The Hall–Kier alpha value is -2.21. The number of aryl methyl sites for hydroxylation is 1. The number of rotatable bonds is 3. The number of carbonyl (C=O) groups is 1. The van der Waals surface area contributed by atoms with Crippen molar-refractivity contribution in [3.05, 3.63) is 53.4 Å². The van der Waals surface area contributed by atoms with Crippen LogP contribution in [0.4, 0.5) is 4.39 Å². The highest BCUT2D eigenvalue weighted by Crippen LogP contribution is 2.32. The number of hydrogen-bond donors (Lipinski definition) is 2. The summed E-state index contributed by atoms with van der Waals surface area (Å²) in [7, 11) is 0. The van der Waals surface area contributed by atoms with Crippen molar-refractivity contribution in [3.8, 4) is 0 Å². The predicted octanol–water partition coefficient (Wildman–Crippen LogP) is 2.29. The molecule has 0 aliphatic carbocycles. The molecular weight excluding hydrogens is 285 g/mol. The molecule has 0 unspecified atom stereocenters. The number of hydrogen-bond acceptors (Lipinski definition) is 3. The number of carbonyl (C=O) groups excluding carboxylic acids is 1. The number of benzene rings is 1. The zero-order valence-electron chi connectivity index (χ0n) is 12.4. The lowest BCUT2D eigenvalue weighted by molar-refractivity contribution is 0.0343. The van der Waals surface area contributed by atoms with Gasteiger partial charge < -0.3 is 15.0 Å².